The van der Waals surface area contributed by atoms with Crippen LogP contribution in [0.1, 0.15) is 194 Å². The number of unbranched alkanes of at least 4 members (excludes halogenated alkanes) is 23. The Morgan fingerprint density at radius 2 is 0.962 bits per heavy atom. The van der Waals surface area contributed by atoms with Crippen LogP contribution in [0.15, 0.2) is 12.2 Å². The summed E-state index contributed by atoms with van der Waals surface area (Å²) in [5.41, 5.74) is 5.32. The van der Waals surface area contributed by atoms with E-state index in [-0.39, 0.29) is 19.4 Å². The number of hydrogen-bond acceptors (Lipinski definition) is 9. The highest BCUT2D eigenvalue weighted by molar-refractivity contribution is 7.47. The molecule has 0 aliphatic heterocycles. The van der Waals surface area contributed by atoms with Gasteiger partial charge in [-0.1, -0.05) is 154 Å². The van der Waals surface area contributed by atoms with Gasteiger partial charge in [-0.2, -0.15) is 0 Å². The molecule has 52 heavy (non-hydrogen) atoms. The fraction of sp³-hybridized carbons (Fsp3) is 0.875. The van der Waals surface area contributed by atoms with Gasteiger partial charge in [-0.15, -0.1) is 0 Å². The van der Waals surface area contributed by atoms with Gasteiger partial charge >= 0.3 is 25.7 Å². The van der Waals surface area contributed by atoms with E-state index in [2.05, 4.69) is 30.5 Å². The van der Waals surface area contributed by atoms with E-state index < -0.39 is 51.1 Å². The maximum atomic E-state index is 12.6. The second-order valence-electron chi connectivity index (χ2n) is 14.1. The molecule has 306 valence electrons. The van der Waals surface area contributed by atoms with E-state index in [0.29, 0.717) is 12.8 Å². The lowest BCUT2D eigenvalue weighted by Crippen LogP contribution is -2.34. The lowest BCUT2D eigenvalue weighted by molar-refractivity contribution is -0.161. The van der Waals surface area contributed by atoms with Crippen molar-refractivity contribution in [3.05, 3.63) is 12.2 Å². The number of nitrogens with two attached hydrogens (primary N) is 1. The van der Waals surface area contributed by atoms with Crippen molar-refractivity contribution >= 4 is 25.7 Å². The van der Waals surface area contributed by atoms with Gasteiger partial charge in [0.1, 0.15) is 12.6 Å². The molecule has 0 rings (SSSR count). The number of hydrogen-bond donors (Lipinski definition) is 3. The van der Waals surface area contributed by atoms with Crippen LogP contribution in [0.5, 0.6) is 0 Å². The van der Waals surface area contributed by atoms with E-state index in [9.17, 15) is 23.8 Å². The van der Waals surface area contributed by atoms with Gasteiger partial charge in [0.05, 0.1) is 13.2 Å². The van der Waals surface area contributed by atoms with Crippen molar-refractivity contribution in [2.24, 2.45) is 5.73 Å². The van der Waals surface area contributed by atoms with Gasteiger partial charge in [0, 0.05) is 12.8 Å². The Morgan fingerprint density at radius 1 is 0.577 bits per heavy atom. The summed E-state index contributed by atoms with van der Waals surface area (Å²) < 4.78 is 32.6. The number of ether oxygens (including phenoxy) is 2. The summed E-state index contributed by atoms with van der Waals surface area (Å²) in [6.45, 7) is 2.79. The molecule has 0 spiro atoms. The summed E-state index contributed by atoms with van der Waals surface area (Å²) in [5, 5.41) is 8.87. The summed E-state index contributed by atoms with van der Waals surface area (Å²) in [4.78, 5) is 45.8. The Balaban J connectivity index is 4.38. The van der Waals surface area contributed by atoms with E-state index in [4.69, 9.17) is 24.8 Å². The zero-order valence-electron chi connectivity index (χ0n) is 32.9. The zero-order chi connectivity index (χ0) is 38.5. The summed E-state index contributed by atoms with van der Waals surface area (Å²) in [7, 11) is -4.71. The predicted octanol–water partition coefficient (Wildman–Crippen LogP) is 10.5. The number of phosphoric ester groups is 1. The van der Waals surface area contributed by atoms with E-state index in [1.165, 1.54) is 96.3 Å². The molecule has 0 heterocycles. The van der Waals surface area contributed by atoms with Crippen molar-refractivity contribution in [3.8, 4) is 0 Å². The van der Waals surface area contributed by atoms with Gasteiger partial charge in [0.2, 0.25) is 0 Å². The molecule has 0 saturated carbocycles. The van der Waals surface area contributed by atoms with Gasteiger partial charge in [-0.3, -0.25) is 23.4 Å². The van der Waals surface area contributed by atoms with Crippen LogP contribution in [-0.2, 0) is 37.5 Å². The van der Waals surface area contributed by atoms with Crippen LogP contribution in [0, 0.1) is 0 Å². The molecule has 0 aliphatic carbocycles. The van der Waals surface area contributed by atoms with Crippen molar-refractivity contribution in [2.75, 3.05) is 19.8 Å². The molecule has 0 saturated heterocycles. The standard InChI is InChI=1S/C40H76NO10P/c1-3-5-7-9-11-13-15-17-18-20-21-23-25-27-29-31-38(42)48-33-36(34-49-52(46,47)50-35-37(41)40(44)45)51-39(43)32-30-28-26-24-22-19-16-14-12-10-8-6-4-2/h17-18,36-37H,3-16,19-35,41H2,1-2H3,(H,44,45)(H,46,47). The number of phosphoric acid groups is 1. The second kappa shape index (κ2) is 36.2. The molecular formula is C40H76NO10P. The molecule has 12 heteroatoms. The number of esters is 2. The fourth-order valence-corrected chi connectivity index (χ4v) is 6.48. The zero-order valence-corrected chi connectivity index (χ0v) is 33.8. The summed E-state index contributed by atoms with van der Waals surface area (Å²) in [6.07, 6.45) is 34.2. The summed E-state index contributed by atoms with van der Waals surface area (Å²) in [5.74, 6) is -2.38. The smallest absolute Gasteiger partial charge is 0.472 e. The molecule has 0 aromatic heterocycles. The first-order valence-corrected chi connectivity index (χ1v) is 22.2. The molecule has 0 amide bonds. The maximum Gasteiger partial charge on any atom is 0.472 e. The van der Waals surface area contributed by atoms with E-state index in [0.717, 1.165) is 57.8 Å². The van der Waals surface area contributed by atoms with Crippen molar-refractivity contribution in [1.82, 2.24) is 0 Å². The van der Waals surface area contributed by atoms with Crippen LogP contribution in [0.25, 0.3) is 0 Å². The lowest BCUT2D eigenvalue weighted by atomic mass is 10.0. The molecule has 0 aromatic carbocycles. The molecule has 0 bridgehead atoms. The minimum absolute atomic E-state index is 0.165. The molecular weight excluding hydrogens is 685 g/mol. The van der Waals surface area contributed by atoms with Crippen molar-refractivity contribution in [3.63, 3.8) is 0 Å². The second-order valence-corrected chi connectivity index (χ2v) is 15.6. The van der Waals surface area contributed by atoms with Crippen LogP contribution in [0.4, 0.5) is 0 Å². The third-order valence-corrected chi connectivity index (χ3v) is 9.96. The monoisotopic (exact) mass is 762 g/mol. The fourth-order valence-electron chi connectivity index (χ4n) is 5.71. The quantitative estimate of drug-likeness (QED) is 0.0235. The number of aliphatic carboxylic acids is 1. The molecule has 3 unspecified atom stereocenters. The van der Waals surface area contributed by atoms with E-state index in [1.54, 1.807) is 0 Å². The first kappa shape index (κ1) is 50.2. The molecule has 0 radical (unpaired) electrons. The first-order valence-electron chi connectivity index (χ1n) is 20.7. The van der Waals surface area contributed by atoms with Crippen LogP contribution in [0.3, 0.4) is 0 Å². The average Bonchev–Trinajstić information content (AvgIpc) is 3.12. The highest BCUT2D eigenvalue weighted by atomic mass is 31.2. The van der Waals surface area contributed by atoms with Gasteiger partial charge in [-0.25, -0.2) is 4.57 Å². The SMILES string of the molecule is CCCCCCCCC=CCCCCCCCC(=O)OCC(COP(=O)(O)OCC(N)C(=O)O)OC(=O)CCCCCCCCCCCCCCC. The normalized spacial score (nSPS) is 13.9. The Hall–Kier alpha value is -1.78. The first-order chi connectivity index (χ1) is 25.1. The molecule has 11 nitrogen and oxygen atoms in total. The molecule has 3 atom stereocenters. The Kier molecular flexibility index (Phi) is 35.0. The third kappa shape index (κ3) is 35.3. The number of carboxylic acids is 1. The van der Waals surface area contributed by atoms with Crippen LogP contribution < -0.4 is 5.73 Å². The van der Waals surface area contributed by atoms with Gasteiger partial charge in [0.25, 0.3) is 0 Å². The molecule has 4 N–H and O–H groups in total. The van der Waals surface area contributed by atoms with Crippen LogP contribution in [-0.4, -0.2) is 59.9 Å². The van der Waals surface area contributed by atoms with Gasteiger partial charge in [-0.05, 0) is 38.5 Å². The van der Waals surface area contributed by atoms with Crippen molar-refractivity contribution < 1.29 is 47.5 Å². The van der Waals surface area contributed by atoms with Gasteiger partial charge < -0.3 is 25.2 Å². The minimum Gasteiger partial charge on any atom is -0.480 e. The van der Waals surface area contributed by atoms with E-state index in [1.807, 2.05) is 0 Å². The van der Waals surface area contributed by atoms with Crippen molar-refractivity contribution in [1.29, 1.82) is 0 Å². The summed E-state index contributed by atoms with van der Waals surface area (Å²) >= 11 is 0. The Bertz CT molecular complexity index is 947. The minimum atomic E-state index is -4.71. The number of carbonyl (C=O) groups is 3. The Morgan fingerprint density at radius 3 is 1.40 bits per heavy atom. The summed E-state index contributed by atoms with van der Waals surface area (Å²) in [6, 6.07) is -1.52. The average molecular weight is 762 g/mol. The van der Waals surface area contributed by atoms with Crippen LogP contribution in [0.2, 0.25) is 0 Å². The molecule has 0 aromatic rings. The largest absolute Gasteiger partial charge is 0.480 e. The van der Waals surface area contributed by atoms with E-state index >= 15 is 0 Å². The van der Waals surface area contributed by atoms with Crippen LogP contribution >= 0.6 is 7.82 Å². The number of carboxylic acid groups (broad SMARTS) is 1. The topological polar surface area (TPSA) is 172 Å². The highest BCUT2D eigenvalue weighted by Gasteiger charge is 2.28. The number of allylic oxidation sites excluding steroid dienone is 2. The number of carbonyl (C=O) groups excluding carboxylic acids is 2. The van der Waals surface area contributed by atoms with Gasteiger partial charge in [0.15, 0.2) is 6.10 Å². The highest BCUT2D eigenvalue weighted by Crippen LogP contribution is 2.43. The predicted molar refractivity (Wildman–Crippen MR) is 208 cm³/mol. The number of rotatable bonds is 39. The Labute approximate surface area is 316 Å². The van der Waals surface area contributed by atoms with Crippen molar-refractivity contribution in [2.45, 2.75) is 206 Å². The lowest BCUT2D eigenvalue weighted by Gasteiger charge is -2.20. The molecule has 0 fully saturated rings. The maximum absolute atomic E-state index is 12.6. The third-order valence-electron chi connectivity index (χ3n) is 9.01. The molecule has 0 aliphatic rings.